The molecule has 1 atom stereocenters. The average molecular weight is 324 g/mol. The SMILES string of the molecule is COCC(N)C(=O)Nc1cc(Br)ccc1C.Cl. The molecule has 0 aromatic heterocycles. The van der Waals surface area contributed by atoms with Crippen molar-refractivity contribution < 1.29 is 9.53 Å². The van der Waals surface area contributed by atoms with Crippen molar-refractivity contribution in [1.29, 1.82) is 0 Å². The molecule has 0 aliphatic carbocycles. The Bertz CT molecular complexity index is 388. The maximum atomic E-state index is 11.6. The van der Waals surface area contributed by atoms with E-state index in [2.05, 4.69) is 21.2 Å². The van der Waals surface area contributed by atoms with Crippen molar-refractivity contribution in [3.63, 3.8) is 0 Å². The van der Waals surface area contributed by atoms with Crippen LogP contribution < -0.4 is 11.1 Å². The maximum Gasteiger partial charge on any atom is 0.243 e. The predicted octanol–water partition coefficient (Wildman–Crippen LogP) is 2.09. The number of methoxy groups -OCH3 is 1. The van der Waals surface area contributed by atoms with Crippen LogP contribution in [-0.4, -0.2) is 25.7 Å². The van der Waals surface area contributed by atoms with Gasteiger partial charge in [-0.05, 0) is 24.6 Å². The third-order valence-corrected chi connectivity index (χ3v) is 2.63. The van der Waals surface area contributed by atoms with Gasteiger partial charge in [0, 0.05) is 17.3 Å². The zero-order chi connectivity index (χ0) is 12.1. The van der Waals surface area contributed by atoms with E-state index in [-0.39, 0.29) is 24.9 Å². The van der Waals surface area contributed by atoms with Gasteiger partial charge in [-0.2, -0.15) is 0 Å². The molecule has 17 heavy (non-hydrogen) atoms. The van der Waals surface area contributed by atoms with E-state index >= 15 is 0 Å². The largest absolute Gasteiger partial charge is 0.383 e. The molecule has 0 aliphatic heterocycles. The molecule has 0 aliphatic rings. The van der Waals surface area contributed by atoms with Crippen LogP contribution in [0.25, 0.3) is 0 Å². The number of carbonyl (C=O) groups excluding carboxylic acids is 1. The molecule has 96 valence electrons. The highest BCUT2D eigenvalue weighted by molar-refractivity contribution is 9.10. The third kappa shape index (κ3) is 5.04. The Balaban J connectivity index is 0.00000256. The summed E-state index contributed by atoms with van der Waals surface area (Å²) in [6, 6.07) is 5.03. The van der Waals surface area contributed by atoms with Crippen molar-refractivity contribution >= 4 is 39.9 Å². The molecule has 0 radical (unpaired) electrons. The second kappa shape index (κ2) is 7.66. The lowest BCUT2D eigenvalue weighted by Gasteiger charge is -2.13. The molecule has 0 saturated carbocycles. The number of hydrogen-bond donors (Lipinski definition) is 2. The summed E-state index contributed by atoms with van der Waals surface area (Å²) in [5, 5.41) is 2.76. The van der Waals surface area contributed by atoms with Crippen LogP contribution in [0.2, 0.25) is 0 Å². The van der Waals surface area contributed by atoms with Gasteiger partial charge in [-0.3, -0.25) is 4.79 Å². The molecule has 6 heteroatoms. The minimum absolute atomic E-state index is 0. The fourth-order valence-corrected chi connectivity index (χ4v) is 1.57. The van der Waals surface area contributed by atoms with Crippen molar-refractivity contribution in [3.8, 4) is 0 Å². The van der Waals surface area contributed by atoms with Crippen LogP contribution in [0.1, 0.15) is 5.56 Å². The molecule has 0 spiro atoms. The summed E-state index contributed by atoms with van der Waals surface area (Å²) in [4.78, 5) is 11.6. The number of rotatable bonds is 4. The van der Waals surface area contributed by atoms with Crippen LogP contribution in [-0.2, 0) is 9.53 Å². The monoisotopic (exact) mass is 322 g/mol. The van der Waals surface area contributed by atoms with E-state index in [9.17, 15) is 4.79 Å². The number of nitrogens with one attached hydrogen (secondary N) is 1. The number of amides is 1. The molecule has 1 aromatic carbocycles. The minimum atomic E-state index is -0.650. The van der Waals surface area contributed by atoms with E-state index in [0.717, 1.165) is 15.7 Å². The Morgan fingerprint density at radius 1 is 1.59 bits per heavy atom. The third-order valence-electron chi connectivity index (χ3n) is 2.14. The van der Waals surface area contributed by atoms with E-state index in [4.69, 9.17) is 10.5 Å². The quantitative estimate of drug-likeness (QED) is 0.892. The number of halogens is 2. The van der Waals surface area contributed by atoms with Gasteiger partial charge >= 0.3 is 0 Å². The van der Waals surface area contributed by atoms with Gasteiger partial charge in [0.25, 0.3) is 0 Å². The minimum Gasteiger partial charge on any atom is -0.383 e. The highest BCUT2D eigenvalue weighted by Crippen LogP contribution is 2.20. The summed E-state index contributed by atoms with van der Waals surface area (Å²) >= 11 is 3.35. The topological polar surface area (TPSA) is 64.3 Å². The lowest BCUT2D eigenvalue weighted by Crippen LogP contribution is -2.39. The molecule has 1 rings (SSSR count). The van der Waals surface area contributed by atoms with E-state index in [0.29, 0.717) is 0 Å². The number of carbonyl (C=O) groups is 1. The average Bonchev–Trinajstić information content (AvgIpc) is 2.23. The van der Waals surface area contributed by atoms with E-state index < -0.39 is 6.04 Å². The summed E-state index contributed by atoms with van der Waals surface area (Å²) < 4.78 is 5.73. The number of anilines is 1. The van der Waals surface area contributed by atoms with Crippen LogP contribution >= 0.6 is 28.3 Å². The first-order chi connectivity index (χ1) is 7.54. The number of ether oxygens (including phenoxy) is 1. The van der Waals surface area contributed by atoms with Crippen molar-refractivity contribution in [1.82, 2.24) is 0 Å². The lowest BCUT2D eigenvalue weighted by molar-refractivity contribution is -0.118. The number of nitrogens with two attached hydrogens (primary N) is 1. The molecule has 0 fully saturated rings. The van der Waals surface area contributed by atoms with Crippen molar-refractivity contribution in [2.75, 3.05) is 19.0 Å². The molecule has 1 aromatic rings. The Labute approximate surface area is 115 Å². The molecule has 0 bridgehead atoms. The van der Waals surface area contributed by atoms with Crippen molar-refractivity contribution in [2.24, 2.45) is 5.73 Å². The zero-order valence-electron chi connectivity index (χ0n) is 9.70. The van der Waals surface area contributed by atoms with Crippen molar-refractivity contribution in [3.05, 3.63) is 28.2 Å². The van der Waals surface area contributed by atoms with Crippen LogP contribution in [0.15, 0.2) is 22.7 Å². The van der Waals surface area contributed by atoms with Gasteiger partial charge in [-0.25, -0.2) is 0 Å². The molecule has 3 N–H and O–H groups in total. The first-order valence-electron chi connectivity index (χ1n) is 4.86. The van der Waals surface area contributed by atoms with Gasteiger partial charge in [-0.15, -0.1) is 12.4 Å². The summed E-state index contributed by atoms with van der Waals surface area (Å²) in [6.45, 7) is 2.13. The van der Waals surface area contributed by atoms with Gasteiger partial charge in [0.2, 0.25) is 5.91 Å². The normalized spacial score (nSPS) is 11.5. The molecule has 0 heterocycles. The second-order valence-electron chi connectivity index (χ2n) is 3.51. The van der Waals surface area contributed by atoms with Crippen LogP contribution in [0.5, 0.6) is 0 Å². The number of hydrogen-bond acceptors (Lipinski definition) is 3. The second-order valence-corrected chi connectivity index (χ2v) is 4.43. The molecular weight excluding hydrogens is 307 g/mol. The fourth-order valence-electron chi connectivity index (χ4n) is 1.21. The zero-order valence-corrected chi connectivity index (χ0v) is 12.1. The maximum absolute atomic E-state index is 11.6. The van der Waals surface area contributed by atoms with Crippen LogP contribution in [0.3, 0.4) is 0 Å². The summed E-state index contributed by atoms with van der Waals surface area (Å²) in [7, 11) is 1.51. The molecule has 0 saturated heterocycles. The summed E-state index contributed by atoms with van der Waals surface area (Å²) in [6.07, 6.45) is 0. The van der Waals surface area contributed by atoms with Crippen LogP contribution in [0, 0.1) is 6.92 Å². The van der Waals surface area contributed by atoms with Gasteiger partial charge in [0.05, 0.1) is 6.61 Å². The Hall–Kier alpha value is -0.620. The lowest BCUT2D eigenvalue weighted by atomic mass is 10.2. The highest BCUT2D eigenvalue weighted by atomic mass is 79.9. The molecular formula is C11H16BrClN2O2. The Morgan fingerprint density at radius 3 is 2.82 bits per heavy atom. The summed E-state index contributed by atoms with van der Waals surface area (Å²) in [5.74, 6) is -0.247. The van der Waals surface area contributed by atoms with E-state index in [1.54, 1.807) is 0 Å². The van der Waals surface area contributed by atoms with Gasteiger partial charge in [0.15, 0.2) is 0 Å². The van der Waals surface area contributed by atoms with E-state index in [1.807, 2.05) is 25.1 Å². The molecule has 4 nitrogen and oxygen atoms in total. The van der Waals surface area contributed by atoms with E-state index in [1.165, 1.54) is 7.11 Å². The fraction of sp³-hybridized carbons (Fsp3) is 0.364. The Morgan fingerprint density at radius 2 is 2.24 bits per heavy atom. The first-order valence-corrected chi connectivity index (χ1v) is 5.65. The molecule has 1 amide bonds. The standard InChI is InChI=1S/C11H15BrN2O2.ClH/c1-7-3-4-8(12)5-10(7)14-11(15)9(13)6-16-2;/h3-5,9H,6,13H2,1-2H3,(H,14,15);1H. The highest BCUT2D eigenvalue weighted by Gasteiger charge is 2.13. The predicted molar refractivity (Wildman–Crippen MR) is 74.6 cm³/mol. The van der Waals surface area contributed by atoms with Crippen molar-refractivity contribution in [2.45, 2.75) is 13.0 Å². The number of benzene rings is 1. The Kier molecular flexibility index (Phi) is 7.38. The van der Waals surface area contributed by atoms with Crippen LogP contribution in [0.4, 0.5) is 5.69 Å². The smallest absolute Gasteiger partial charge is 0.243 e. The van der Waals surface area contributed by atoms with Gasteiger partial charge in [0.1, 0.15) is 6.04 Å². The van der Waals surface area contributed by atoms with Gasteiger partial charge in [-0.1, -0.05) is 22.0 Å². The summed E-state index contributed by atoms with van der Waals surface area (Å²) in [5.41, 5.74) is 7.36. The molecule has 1 unspecified atom stereocenters. The first kappa shape index (κ1) is 16.4. The number of aryl methyl sites for hydroxylation is 1. The van der Waals surface area contributed by atoms with Gasteiger partial charge < -0.3 is 15.8 Å².